The quantitative estimate of drug-likeness (QED) is 0.511. The normalized spacial score (nSPS) is 0. The summed E-state index contributed by atoms with van der Waals surface area (Å²) in [4.78, 5) is 0. The van der Waals surface area contributed by atoms with Gasteiger partial charge in [0.1, 0.15) is 0 Å². The molecule has 7 heavy (non-hydrogen) atoms. The van der Waals surface area contributed by atoms with Gasteiger partial charge in [-0.1, -0.05) is 0 Å². The van der Waals surface area contributed by atoms with E-state index in [1.165, 1.54) is 0 Å². The summed E-state index contributed by atoms with van der Waals surface area (Å²) in [5.74, 6) is 0. The first kappa shape index (κ1) is 117. The second-order valence-electron chi connectivity index (χ2n) is 0. The van der Waals surface area contributed by atoms with E-state index in [0.717, 1.165) is 0 Å². The Morgan fingerprint density at radius 1 is 0.429 bits per heavy atom. The van der Waals surface area contributed by atoms with Gasteiger partial charge in [-0.3, -0.25) is 0 Å². The van der Waals surface area contributed by atoms with Gasteiger partial charge in [0.15, 0.2) is 0 Å². The summed E-state index contributed by atoms with van der Waals surface area (Å²) in [5, 5.41) is 0. The van der Waals surface area contributed by atoms with Crippen LogP contribution in [0.15, 0.2) is 0 Å². The molecule has 0 aromatic heterocycles. The minimum Gasteiger partial charge on any atom is -2.00 e. The third-order valence-electron chi connectivity index (χ3n) is 0. The zero-order valence-corrected chi connectivity index (χ0v) is 12.5. The van der Waals surface area contributed by atoms with Crippen molar-refractivity contribution in [2.24, 2.45) is 0 Å². The van der Waals surface area contributed by atoms with Crippen molar-refractivity contribution in [3.05, 3.63) is 0 Å². The van der Waals surface area contributed by atoms with E-state index < -0.39 is 0 Å². The van der Waals surface area contributed by atoms with E-state index in [0.29, 0.717) is 0 Å². The molecule has 0 saturated carbocycles. The van der Waals surface area contributed by atoms with Crippen LogP contribution in [0, 0.1) is 0 Å². The molecule has 0 N–H and O–H groups in total. The van der Waals surface area contributed by atoms with E-state index in [1.807, 2.05) is 0 Å². The minimum atomic E-state index is 0. The zero-order valence-electron chi connectivity index (χ0n) is 3.31. The molecule has 0 rings (SSSR count). The van der Waals surface area contributed by atoms with Gasteiger partial charge in [0.05, 0.1) is 0 Å². The van der Waals surface area contributed by atoms with Crippen molar-refractivity contribution < 1.29 is 94.3 Å². The Balaban J connectivity index is 0. The summed E-state index contributed by atoms with van der Waals surface area (Å²) < 4.78 is 0. The Bertz CT molecular complexity index is 10.9. The van der Waals surface area contributed by atoms with Gasteiger partial charge >= 0.3 is 39.0 Å². The molecule has 0 aromatic carbocycles. The molecule has 7 heteroatoms. The van der Waals surface area contributed by atoms with Crippen LogP contribution in [-0.4, -0.2) is 0 Å². The molecule has 0 spiro atoms. The summed E-state index contributed by atoms with van der Waals surface area (Å²) in [6, 6.07) is 0. The van der Waals surface area contributed by atoms with Crippen molar-refractivity contribution in [2.75, 3.05) is 0 Å². The molecule has 0 atom stereocenters. The standard InChI is InChI=1S/3O.2Rh.2Zn/q3*-2;2*+3;;. The Morgan fingerprint density at radius 3 is 0.429 bits per heavy atom. The fourth-order valence-corrected chi connectivity index (χ4v) is 0. The van der Waals surface area contributed by atoms with Crippen LogP contribution in [-0.2, 0) is 94.3 Å². The molecule has 0 aliphatic carbocycles. The van der Waals surface area contributed by atoms with E-state index in [2.05, 4.69) is 0 Å². The Hall–Kier alpha value is 2.37. The fraction of sp³-hybridized carbons (Fsp3) is 0. The van der Waals surface area contributed by atoms with Crippen LogP contribution in [0.1, 0.15) is 0 Å². The monoisotopic (exact) mass is 382 g/mol. The number of hydrogen-bond donors (Lipinski definition) is 0. The molecule has 0 bridgehead atoms. The minimum absolute atomic E-state index is 0. The van der Waals surface area contributed by atoms with Crippen LogP contribution >= 0.6 is 0 Å². The Labute approximate surface area is 93.3 Å². The van der Waals surface area contributed by atoms with Gasteiger partial charge in [-0.05, 0) is 0 Å². The fourth-order valence-electron chi connectivity index (χ4n) is 0. The third-order valence-corrected chi connectivity index (χ3v) is 0. The first-order valence-electron chi connectivity index (χ1n) is 0. The van der Waals surface area contributed by atoms with Gasteiger partial charge in [0.25, 0.3) is 0 Å². The predicted octanol–water partition coefficient (Wildman–Crippen LogP) is -0.366. The SMILES string of the molecule is [O-2].[O-2].[O-2].[Rh+3].[Rh+3].[Zn].[Zn]. The van der Waals surface area contributed by atoms with Crippen LogP contribution in [0.25, 0.3) is 0 Å². The van der Waals surface area contributed by atoms with Crippen LogP contribution in [0.2, 0.25) is 0 Å². The van der Waals surface area contributed by atoms with Gasteiger partial charge < -0.3 is 16.4 Å². The maximum absolute atomic E-state index is 0. The van der Waals surface area contributed by atoms with E-state index in [4.69, 9.17) is 0 Å². The van der Waals surface area contributed by atoms with E-state index in [9.17, 15) is 0 Å². The molecule has 0 radical (unpaired) electrons. The zero-order chi connectivity index (χ0) is 0. The molecule has 0 saturated heterocycles. The summed E-state index contributed by atoms with van der Waals surface area (Å²) in [6.07, 6.45) is 0. The predicted molar refractivity (Wildman–Crippen MR) is 2.06 cm³/mol. The Kier molecular flexibility index (Phi) is 1350. The maximum atomic E-state index is 0. The molecule has 0 fully saturated rings. The molecule has 40 valence electrons. The van der Waals surface area contributed by atoms with Crippen LogP contribution < -0.4 is 0 Å². The molecule has 0 unspecified atom stereocenters. The summed E-state index contributed by atoms with van der Waals surface area (Å²) in [7, 11) is 0. The average Bonchev–Trinajstić information content (AvgIpc) is 0. The number of rotatable bonds is 0. The van der Waals surface area contributed by atoms with Crippen molar-refractivity contribution >= 4 is 0 Å². The van der Waals surface area contributed by atoms with Crippen molar-refractivity contribution in [3.63, 3.8) is 0 Å². The largest absolute Gasteiger partial charge is 3.00 e. The maximum Gasteiger partial charge on any atom is 3.00 e. The van der Waals surface area contributed by atoms with Crippen molar-refractivity contribution in [2.45, 2.75) is 0 Å². The van der Waals surface area contributed by atoms with Gasteiger partial charge in [0, 0.05) is 39.0 Å². The van der Waals surface area contributed by atoms with E-state index >= 15 is 0 Å². The molecule has 0 aliphatic heterocycles. The average molecular weight is 385 g/mol. The molecule has 0 aliphatic rings. The first-order chi connectivity index (χ1) is 0. The van der Waals surface area contributed by atoms with Crippen LogP contribution in [0.5, 0.6) is 0 Å². The van der Waals surface area contributed by atoms with E-state index in [-0.39, 0.29) is 94.3 Å². The summed E-state index contributed by atoms with van der Waals surface area (Å²) in [6.45, 7) is 0. The molecular weight excluding hydrogens is 385 g/mol. The second-order valence-corrected chi connectivity index (χ2v) is 0. The van der Waals surface area contributed by atoms with E-state index in [1.54, 1.807) is 0 Å². The topological polar surface area (TPSA) is 85.5 Å². The first-order valence-corrected chi connectivity index (χ1v) is 0. The van der Waals surface area contributed by atoms with Gasteiger partial charge in [0.2, 0.25) is 0 Å². The Morgan fingerprint density at radius 2 is 0.429 bits per heavy atom. The molecule has 0 amide bonds. The van der Waals surface area contributed by atoms with Crippen molar-refractivity contribution in [1.82, 2.24) is 0 Å². The van der Waals surface area contributed by atoms with Gasteiger partial charge in [-0.25, -0.2) is 0 Å². The number of hydrogen-bond acceptors (Lipinski definition) is 0. The van der Waals surface area contributed by atoms with Crippen molar-refractivity contribution in [3.8, 4) is 0 Å². The van der Waals surface area contributed by atoms with Crippen molar-refractivity contribution in [1.29, 1.82) is 0 Å². The molecule has 0 heterocycles. The second kappa shape index (κ2) is 80.8. The summed E-state index contributed by atoms with van der Waals surface area (Å²) >= 11 is 0. The smallest absolute Gasteiger partial charge is 2.00 e. The third kappa shape index (κ3) is 60.4. The van der Waals surface area contributed by atoms with Gasteiger partial charge in [-0.2, -0.15) is 0 Å². The molecule has 0 aromatic rings. The van der Waals surface area contributed by atoms with Crippen LogP contribution in [0.3, 0.4) is 0 Å². The molecule has 3 nitrogen and oxygen atoms in total. The van der Waals surface area contributed by atoms with Crippen LogP contribution in [0.4, 0.5) is 0 Å². The van der Waals surface area contributed by atoms with Gasteiger partial charge in [-0.15, -0.1) is 0 Å². The summed E-state index contributed by atoms with van der Waals surface area (Å²) in [5.41, 5.74) is 0. The molecular formula is O3Rh2Zn2.